The Bertz CT molecular complexity index is 404. The van der Waals surface area contributed by atoms with Crippen LogP contribution in [-0.4, -0.2) is 19.8 Å². The molecule has 0 saturated heterocycles. The summed E-state index contributed by atoms with van der Waals surface area (Å²) in [6.45, 7) is 1.46. The Morgan fingerprint density at radius 1 is 1.25 bits per heavy atom. The van der Waals surface area contributed by atoms with Crippen LogP contribution in [0.15, 0.2) is 18.2 Å². The van der Waals surface area contributed by atoms with Crippen molar-refractivity contribution in [1.29, 1.82) is 0 Å². The van der Waals surface area contributed by atoms with Crippen LogP contribution in [0.2, 0.25) is 0 Å². The average molecular weight is 223 g/mol. The lowest BCUT2D eigenvalue weighted by atomic mass is 10.1. The summed E-state index contributed by atoms with van der Waals surface area (Å²) in [4.78, 5) is 0. The van der Waals surface area contributed by atoms with E-state index in [0.29, 0.717) is 25.5 Å². The summed E-state index contributed by atoms with van der Waals surface area (Å²) < 4.78 is 24.3. The zero-order valence-electron chi connectivity index (χ0n) is 8.91. The van der Waals surface area contributed by atoms with Gasteiger partial charge < -0.3 is 15.2 Å². The molecule has 0 spiro atoms. The molecule has 0 unspecified atom stereocenters. The van der Waals surface area contributed by atoms with Crippen molar-refractivity contribution in [2.75, 3.05) is 19.8 Å². The molecule has 0 aliphatic carbocycles. The molecular formula is C12H14FNO2. The molecule has 16 heavy (non-hydrogen) atoms. The van der Waals surface area contributed by atoms with Gasteiger partial charge in [-0.2, -0.15) is 0 Å². The van der Waals surface area contributed by atoms with E-state index in [2.05, 4.69) is 0 Å². The molecule has 1 aromatic carbocycles. The van der Waals surface area contributed by atoms with Gasteiger partial charge in [-0.3, -0.25) is 0 Å². The van der Waals surface area contributed by atoms with Gasteiger partial charge in [0.1, 0.15) is 0 Å². The van der Waals surface area contributed by atoms with Crippen LogP contribution in [0.5, 0.6) is 11.5 Å². The van der Waals surface area contributed by atoms with Crippen molar-refractivity contribution in [2.45, 2.75) is 6.42 Å². The lowest BCUT2D eigenvalue weighted by Gasteiger charge is -2.10. The largest absolute Gasteiger partial charge is 0.489 e. The predicted octanol–water partition coefficient (Wildman–Crippen LogP) is 1.96. The quantitative estimate of drug-likeness (QED) is 0.833. The fourth-order valence-corrected chi connectivity index (χ4v) is 1.57. The van der Waals surface area contributed by atoms with E-state index >= 15 is 0 Å². The first-order chi connectivity index (χ1) is 7.83. The zero-order valence-corrected chi connectivity index (χ0v) is 8.91. The fourth-order valence-electron chi connectivity index (χ4n) is 1.57. The maximum atomic E-state index is 13.5. The number of nitrogens with two attached hydrogens (primary N) is 1. The van der Waals surface area contributed by atoms with Crippen molar-refractivity contribution in [2.24, 2.45) is 5.73 Å². The molecule has 0 amide bonds. The number of hydrogen-bond donors (Lipinski definition) is 1. The number of fused-ring (bicyclic) bond motifs is 1. The highest BCUT2D eigenvalue weighted by Gasteiger charge is 2.17. The minimum absolute atomic E-state index is 0.205. The molecule has 0 fully saturated rings. The highest BCUT2D eigenvalue weighted by atomic mass is 19.1. The van der Waals surface area contributed by atoms with Gasteiger partial charge in [0.05, 0.1) is 13.2 Å². The molecule has 0 atom stereocenters. The van der Waals surface area contributed by atoms with Gasteiger partial charge >= 0.3 is 0 Å². The first-order valence-corrected chi connectivity index (χ1v) is 5.27. The maximum absolute atomic E-state index is 13.5. The highest BCUT2D eigenvalue weighted by molar-refractivity contribution is 5.63. The predicted molar refractivity (Wildman–Crippen MR) is 60.1 cm³/mol. The third-order valence-corrected chi connectivity index (χ3v) is 2.31. The Morgan fingerprint density at radius 3 is 2.75 bits per heavy atom. The van der Waals surface area contributed by atoms with Crippen LogP contribution in [0.4, 0.5) is 4.39 Å². The Balaban J connectivity index is 2.43. The van der Waals surface area contributed by atoms with Gasteiger partial charge in [-0.15, -0.1) is 0 Å². The monoisotopic (exact) mass is 223 g/mol. The van der Waals surface area contributed by atoms with E-state index in [-0.39, 0.29) is 11.6 Å². The van der Waals surface area contributed by atoms with E-state index in [4.69, 9.17) is 15.2 Å². The lowest BCUT2D eigenvalue weighted by molar-refractivity contribution is 0.292. The van der Waals surface area contributed by atoms with Crippen LogP contribution in [0.3, 0.4) is 0 Å². The van der Waals surface area contributed by atoms with E-state index in [1.165, 1.54) is 6.07 Å². The number of halogens is 1. The summed E-state index contributed by atoms with van der Waals surface area (Å²) >= 11 is 0. The van der Waals surface area contributed by atoms with Crippen LogP contribution in [0.1, 0.15) is 12.0 Å². The minimum atomic E-state index is -0.387. The third kappa shape index (κ3) is 2.17. The number of hydrogen-bond acceptors (Lipinski definition) is 3. The lowest BCUT2D eigenvalue weighted by Crippen LogP contribution is -1.98. The Labute approximate surface area is 93.7 Å². The average Bonchev–Trinajstić information content (AvgIpc) is 2.54. The molecular weight excluding hydrogens is 209 g/mol. The second-order valence-corrected chi connectivity index (χ2v) is 3.48. The van der Waals surface area contributed by atoms with Gasteiger partial charge in [0, 0.05) is 18.5 Å². The maximum Gasteiger partial charge on any atom is 0.197 e. The Kier molecular flexibility index (Phi) is 3.41. The van der Waals surface area contributed by atoms with Crippen molar-refractivity contribution < 1.29 is 13.9 Å². The normalized spacial score (nSPS) is 15.1. The molecule has 0 radical (unpaired) electrons. The van der Waals surface area contributed by atoms with E-state index < -0.39 is 0 Å². The molecule has 1 aliphatic heterocycles. The van der Waals surface area contributed by atoms with Crippen LogP contribution in [-0.2, 0) is 0 Å². The van der Waals surface area contributed by atoms with Crippen molar-refractivity contribution in [1.82, 2.24) is 0 Å². The first kappa shape index (κ1) is 11.0. The summed E-state index contributed by atoms with van der Waals surface area (Å²) in [5, 5.41) is 0. The van der Waals surface area contributed by atoms with E-state index in [1.54, 1.807) is 12.1 Å². The Morgan fingerprint density at radius 2 is 2.00 bits per heavy atom. The second kappa shape index (κ2) is 4.99. The first-order valence-electron chi connectivity index (χ1n) is 5.27. The van der Waals surface area contributed by atoms with E-state index in [9.17, 15) is 4.39 Å². The van der Waals surface area contributed by atoms with E-state index in [0.717, 1.165) is 12.0 Å². The summed E-state index contributed by atoms with van der Waals surface area (Å²) in [5.74, 6) is 0.292. The number of benzene rings is 1. The summed E-state index contributed by atoms with van der Waals surface area (Å²) in [6.07, 6.45) is 4.36. The summed E-state index contributed by atoms with van der Waals surface area (Å²) in [5.41, 5.74) is 6.18. The molecule has 1 aromatic rings. The molecule has 0 aromatic heterocycles. The van der Waals surface area contributed by atoms with Crippen LogP contribution >= 0.6 is 0 Å². The molecule has 4 heteroatoms. The SMILES string of the molecule is NC/C=C/c1ccc(F)c2c1OCCCO2. The van der Waals surface area contributed by atoms with Crippen LogP contribution in [0, 0.1) is 5.82 Å². The van der Waals surface area contributed by atoms with Crippen LogP contribution < -0.4 is 15.2 Å². The Hall–Kier alpha value is -1.55. The molecule has 3 nitrogen and oxygen atoms in total. The second-order valence-electron chi connectivity index (χ2n) is 3.48. The summed E-state index contributed by atoms with van der Waals surface area (Å²) in [6, 6.07) is 3.04. The molecule has 2 N–H and O–H groups in total. The van der Waals surface area contributed by atoms with Gasteiger partial charge in [-0.25, -0.2) is 4.39 Å². The number of rotatable bonds is 2. The zero-order chi connectivity index (χ0) is 11.4. The highest BCUT2D eigenvalue weighted by Crippen LogP contribution is 2.36. The van der Waals surface area contributed by atoms with Crippen LogP contribution in [0.25, 0.3) is 6.08 Å². The molecule has 1 aliphatic rings. The van der Waals surface area contributed by atoms with Gasteiger partial charge in [-0.1, -0.05) is 12.2 Å². The minimum Gasteiger partial charge on any atom is -0.489 e. The van der Waals surface area contributed by atoms with Gasteiger partial charge in [0.2, 0.25) is 0 Å². The summed E-state index contributed by atoms with van der Waals surface area (Å²) in [7, 11) is 0. The number of ether oxygens (including phenoxy) is 2. The molecule has 1 heterocycles. The van der Waals surface area contributed by atoms with Gasteiger partial charge in [0.25, 0.3) is 0 Å². The van der Waals surface area contributed by atoms with Crippen molar-refractivity contribution >= 4 is 6.08 Å². The molecule has 86 valence electrons. The third-order valence-electron chi connectivity index (χ3n) is 2.31. The molecule has 0 saturated carbocycles. The standard InChI is InChI=1S/C12H14FNO2/c13-10-5-4-9(3-1-6-14)11-12(10)16-8-2-7-15-11/h1,3-5H,2,6-8,14H2/b3-1+. The fraction of sp³-hybridized carbons (Fsp3) is 0.333. The molecule has 2 rings (SSSR count). The topological polar surface area (TPSA) is 44.5 Å². The van der Waals surface area contributed by atoms with Gasteiger partial charge in [-0.05, 0) is 12.1 Å². The van der Waals surface area contributed by atoms with Crippen molar-refractivity contribution in [3.05, 3.63) is 29.6 Å². The van der Waals surface area contributed by atoms with E-state index in [1.807, 2.05) is 6.08 Å². The smallest absolute Gasteiger partial charge is 0.197 e. The van der Waals surface area contributed by atoms with Gasteiger partial charge in [0.15, 0.2) is 17.3 Å². The van der Waals surface area contributed by atoms with Crippen molar-refractivity contribution in [3.8, 4) is 11.5 Å². The van der Waals surface area contributed by atoms with Crippen molar-refractivity contribution in [3.63, 3.8) is 0 Å². The molecule has 0 bridgehead atoms.